The molecule has 1 amide bonds. The summed E-state index contributed by atoms with van der Waals surface area (Å²) < 4.78 is 31.3. The average Bonchev–Trinajstić information content (AvgIpc) is 2.71. The molecule has 0 saturated heterocycles. The number of nitrogens with zero attached hydrogens (tertiary/aromatic N) is 4. The summed E-state index contributed by atoms with van der Waals surface area (Å²) in [5, 5.41) is 2.64. The summed E-state index contributed by atoms with van der Waals surface area (Å²) >= 11 is 0. The third-order valence-electron chi connectivity index (χ3n) is 3.61. The lowest BCUT2D eigenvalue weighted by Crippen LogP contribution is -2.35. The van der Waals surface area contributed by atoms with Gasteiger partial charge in [0.2, 0.25) is 21.8 Å². The van der Waals surface area contributed by atoms with Crippen molar-refractivity contribution in [3.63, 3.8) is 0 Å². The van der Waals surface area contributed by atoms with Crippen LogP contribution in [0.3, 0.4) is 0 Å². The highest BCUT2D eigenvalue weighted by Gasteiger charge is 2.23. The number of pyridine rings is 1. The van der Waals surface area contributed by atoms with Gasteiger partial charge in [0.05, 0.1) is 12.7 Å². The highest BCUT2D eigenvalue weighted by molar-refractivity contribution is 7.89. The highest BCUT2D eigenvalue weighted by Crippen LogP contribution is 2.20. The molecular formula is C18H17N5O4S. The lowest BCUT2D eigenvalue weighted by atomic mass is 10.3. The van der Waals surface area contributed by atoms with Gasteiger partial charge in [-0.2, -0.15) is 4.31 Å². The van der Waals surface area contributed by atoms with Crippen molar-refractivity contribution >= 4 is 21.6 Å². The van der Waals surface area contributed by atoms with E-state index in [4.69, 9.17) is 4.74 Å². The molecule has 0 atom stereocenters. The van der Waals surface area contributed by atoms with Gasteiger partial charge in [0.15, 0.2) is 0 Å². The molecule has 3 aromatic rings. The first-order valence-electron chi connectivity index (χ1n) is 8.15. The standard InChI is InChI=1S/C18H17N5O4S/c1-23(28(25,26)16-3-2-8-19-11-16)13-17(24)22-14-4-6-15(7-5-14)27-18-12-20-9-10-21-18/h2-12H,13H2,1H3,(H,22,24). The summed E-state index contributed by atoms with van der Waals surface area (Å²) in [7, 11) is -2.46. The number of hydrogen-bond donors (Lipinski definition) is 1. The zero-order chi connectivity index (χ0) is 20.0. The molecule has 0 aliphatic rings. The first kappa shape index (κ1) is 19.4. The Bertz CT molecular complexity index is 1030. The number of anilines is 1. The van der Waals surface area contributed by atoms with Crippen LogP contribution < -0.4 is 10.1 Å². The number of ether oxygens (including phenoxy) is 1. The fraction of sp³-hybridized carbons (Fsp3) is 0.111. The van der Waals surface area contributed by atoms with Gasteiger partial charge in [-0.1, -0.05) is 0 Å². The van der Waals surface area contributed by atoms with Crippen LogP contribution >= 0.6 is 0 Å². The van der Waals surface area contributed by atoms with E-state index in [9.17, 15) is 13.2 Å². The van der Waals surface area contributed by atoms with Gasteiger partial charge in [-0.25, -0.2) is 13.4 Å². The van der Waals surface area contributed by atoms with Crippen molar-refractivity contribution in [2.24, 2.45) is 0 Å². The number of benzene rings is 1. The molecule has 2 heterocycles. The molecule has 144 valence electrons. The molecular weight excluding hydrogens is 382 g/mol. The fourth-order valence-corrected chi connectivity index (χ4v) is 3.32. The van der Waals surface area contributed by atoms with Gasteiger partial charge < -0.3 is 10.1 Å². The van der Waals surface area contributed by atoms with Crippen molar-refractivity contribution in [2.45, 2.75) is 4.90 Å². The largest absolute Gasteiger partial charge is 0.438 e. The van der Waals surface area contributed by atoms with Crippen LogP contribution in [-0.2, 0) is 14.8 Å². The second-order valence-electron chi connectivity index (χ2n) is 5.67. The Hall–Kier alpha value is -3.37. The van der Waals surface area contributed by atoms with E-state index in [1.165, 1.54) is 50.2 Å². The molecule has 10 heteroatoms. The number of rotatable bonds is 7. The minimum Gasteiger partial charge on any atom is -0.438 e. The van der Waals surface area contributed by atoms with E-state index in [0.717, 1.165) is 4.31 Å². The first-order valence-corrected chi connectivity index (χ1v) is 9.59. The Kier molecular flexibility index (Phi) is 5.92. The normalized spacial score (nSPS) is 11.2. The van der Waals surface area contributed by atoms with Crippen LogP contribution in [-0.4, -0.2) is 47.2 Å². The molecule has 2 aromatic heterocycles. The zero-order valence-electron chi connectivity index (χ0n) is 14.9. The average molecular weight is 399 g/mol. The van der Waals surface area contributed by atoms with Crippen molar-refractivity contribution in [3.8, 4) is 11.6 Å². The number of sulfonamides is 1. The Balaban J connectivity index is 1.59. The molecule has 0 bridgehead atoms. The Morgan fingerprint density at radius 2 is 1.82 bits per heavy atom. The quantitative estimate of drug-likeness (QED) is 0.645. The smallest absolute Gasteiger partial charge is 0.244 e. The number of likely N-dealkylation sites (N-methyl/N-ethyl adjacent to an activating group) is 1. The maximum Gasteiger partial charge on any atom is 0.244 e. The first-order chi connectivity index (χ1) is 13.4. The SMILES string of the molecule is CN(CC(=O)Nc1ccc(Oc2cnccn2)cc1)S(=O)(=O)c1cccnc1. The summed E-state index contributed by atoms with van der Waals surface area (Å²) in [5.41, 5.74) is 0.503. The number of carbonyl (C=O) groups is 1. The van der Waals surface area contributed by atoms with Crippen LogP contribution in [0.15, 0.2) is 72.3 Å². The van der Waals surface area contributed by atoms with Gasteiger partial charge in [-0.05, 0) is 36.4 Å². The van der Waals surface area contributed by atoms with Crippen LogP contribution in [0.2, 0.25) is 0 Å². The maximum atomic E-state index is 12.4. The van der Waals surface area contributed by atoms with Crippen molar-refractivity contribution in [1.82, 2.24) is 19.3 Å². The third-order valence-corrected chi connectivity index (χ3v) is 5.40. The van der Waals surface area contributed by atoms with Crippen LogP contribution in [0.25, 0.3) is 0 Å². The molecule has 0 radical (unpaired) electrons. The zero-order valence-corrected chi connectivity index (χ0v) is 15.7. The van der Waals surface area contributed by atoms with E-state index in [0.29, 0.717) is 17.3 Å². The highest BCUT2D eigenvalue weighted by atomic mass is 32.2. The minimum atomic E-state index is -3.79. The van der Waals surface area contributed by atoms with Gasteiger partial charge in [-0.15, -0.1) is 0 Å². The molecule has 0 spiro atoms. The van der Waals surface area contributed by atoms with E-state index < -0.39 is 15.9 Å². The van der Waals surface area contributed by atoms with E-state index >= 15 is 0 Å². The monoisotopic (exact) mass is 399 g/mol. The number of carbonyl (C=O) groups excluding carboxylic acids is 1. The number of amides is 1. The van der Waals surface area contributed by atoms with Gasteiger partial charge in [0.25, 0.3) is 0 Å². The van der Waals surface area contributed by atoms with Crippen molar-refractivity contribution in [3.05, 3.63) is 67.4 Å². The molecule has 1 aromatic carbocycles. The van der Waals surface area contributed by atoms with Gasteiger partial charge >= 0.3 is 0 Å². The summed E-state index contributed by atoms with van der Waals surface area (Å²) in [6.07, 6.45) is 7.24. The maximum absolute atomic E-state index is 12.4. The number of hydrogen-bond acceptors (Lipinski definition) is 7. The summed E-state index contributed by atoms with van der Waals surface area (Å²) in [6, 6.07) is 9.53. The van der Waals surface area contributed by atoms with E-state index in [-0.39, 0.29) is 11.4 Å². The predicted molar refractivity (Wildman–Crippen MR) is 101 cm³/mol. The molecule has 3 rings (SSSR count). The topological polar surface area (TPSA) is 114 Å². The summed E-state index contributed by atoms with van der Waals surface area (Å²) in [5.74, 6) is 0.397. The lowest BCUT2D eigenvalue weighted by molar-refractivity contribution is -0.116. The molecule has 0 unspecified atom stereocenters. The fourth-order valence-electron chi connectivity index (χ4n) is 2.23. The van der Waals surface area contributed by atoms with Crippen LogP contribution in [0.1, 0.15) is 0 Å². The molecule has 0 fully saturated rings. The molecule has 28 heavy (non-hydrogen) atoms. The number of aromatic nitrogens is 3. The van der Waals surface area contributed by atoms with E-state index in [1.807, 2.05) is 0 Å². The second kappa shape index (κ2) is 8.55. The van der Waals surface area contributed by atoms with Crippen LogP contribution in [0.4, 0.5) is 5.69 Å². The predicted octanol–water partition coefficient (Wildman–Crippen LogP) is 1.92. The van der Waals surface area contributed by atoms with Crippen molar-refractivity contribution < 1.29 is 17.9 Å². The molecule has 9 nitrogen and oxygen atoms in total. The van der Waals surface area contributed by atoms with E-state index in [2.05, 4.69) is 20.3 Å². The van der Waals surface area contributed by atoms with Crippen LogP contribution in [0, 0.1) is 0 Å². The minimum absolute atomic E-state index is 0.0239. The van der Waals surface area contributed by atoms with Gasteiger partial charge in [-0.3, -0.25) is 14.8 Å². The van der Waals surface area contributed by atoms with Gasteiger partial charge in [0.1, 0.15) is 10.6 Å². The Morgan fingerprint density at radius 1 is 1.07 bits per heavy atom. The third kappa shape index (κ3) is 4.87. The second-order valence-corrected chi connectivity index (χ2v) is 7.71. The molecule has 0 aliphatic carbocycles. The lowest BCUT2D eigenvalue weighted by Gasteiger charge is -2.16. The van der Waals surface area contributed by atoms with Gasteiger partial charge in [0, 0.05) is 37.5 Å². The van der Waals surface area contributed by atoms with Crippen molar-refractivity contribution in [1.29, 1.82) is 0 Å². The van der Waals surface area contributed by atoms with Crippen molar-refractivity contribution in [2.75, 3.05) is 18.9 Å². The summed E-state index contributed by atoms with van der Waals surface area (Å²) in [6.45, 7) is -0.338. The Labute approximate surface area is 162 Å². The molecule has 1 N–H and O–H groups in total. The molecule has 0 saturated carbocycles. The Morgan fingerprint density at radius 3 is 2.46 bits per heavy atom. The number of nitrogens with one attached hydrogen (secondary N) is 1. The van der Waals surface area contributed by atoms with Crippen LogP contribution in [0.5, 0.6) is 11.6 Å². The summed E-state index contributed by atoms with van der Waals surface area (Å²) in [4.78, 5) is 23.9. The molecule has 0 aliphatic heterocycles. The van der Waals surface area contributed by atoms with E-state index in [1.54, 1.807) is 24.3 Å².